The van der Waals surface area contributed by atoms with Crippen molar-refractivity contribution in [1.29, 1.82) is 5.26 Å². The summed E-state index contributed by atoms with van der Waals surface area (Å²) in [6.07, 6.45) is 1.44. The summed E-state index contributed by atoms with van der Waals surface area (Å²) in [6, 6.07) is 17.8. The summed E-state index contributed by atoms with van der Waals surface area (Å²) >= 11 is 0. The maximum absolute atomic E-state index is 11.0. The highest BCUT2D eigenvalue weighted by Crippen LogP contribution is 2.23. The van der Waals surface area contributed by atoms with Crippen LogP contribution in [0.4, 0.5) is 11.6 Å². The summed E-state index contributed by atoms with van der Waals surface area (Å²) in [4.78, 5) is 19.5. The number of nitrogens with zero attached hydrogens (tertiary/aromatic N) is 3. The molecule has 0 aliphatic carbocycles. The van der Waals surface area contributed by atoms with Crippen molar-refractivity contribution in [2.24, 2.45) is 0 Å². The Kier molecular flexibility index (Phi) is 4.17. The molecular formula is C18H12N4O2. The van der Waals surface area contributed by atoms with Crippen molar-refractivity contribution < 1.29 is 9.90 Å². The number of rotatable bonds is 4. The summed E-state index contributed by atoms with van der Waals surface area (Å²) < 4.78 is 0. The molecule has 1 heterocycles. The second-order valence-electron chi connectivity index (χ2n) is 4.94. The molecule has 24 heavy (non-hydrogen) atoms. The molecule has 0 bridgehead atoms. The van der Waals surface area contributed by atoms with Crippen molar-refractivity contribution in [3.05, 3.63) is 71.9 Å². The van der Waals surface area contributed by atoms with E-state index in [0.717, 1.165) is 5.56 Å². The van der Waals surface area contributed by atoms with Gasteiger partial charge in [0.2, 0.25) is 5.95 Å². The maximum Gasteiger partial charge on any atom is 0.335 e. The molecule has 6 nitrogen and oxygen atoms in total. The lowest BCUT2D eigenvalue weighted by Gasteiger charge is -2.08. The van der Waals surface area contributed by atoms with Gasteiger partial charge < -0.3 is 10.4 Å². The third-order valence-electron chi connectivity index (χ3n) is 3.32. The first-order chi connectivity index (χ1) is 11.7. The van der Waals surface area contributed by atoms with Crippen LogP contribution in [0.1, 0.15) is 15.9 Å². The zero-order valence-electron chi connectivity index (χ0n) is 12.5. The van der Waals surface area contributed by atoms with Crippen molar-refractivity contribution in [2.75, 3.05) is 5.32 Å². The maximum atomic E-state index is 11.0. The Balaban J connectivity index is 1.97. The monoisotopic (exact) mass is 316 g/mol. The van der Waals surface area contributed by atoms with E-state index in [1.54, 1.807) is 12.1 Å². The van der Waals surface area contributed by atoms with Gasteiger partial charge in [-0.1, -0.05) is 36.4 Å². The van der Waals surface area contributed by atoms with E-state index in [4.69, 9.17) is 5.11 Å². The minimum atomic E-state index is -1.01. The van der Waals surface area contributed by atoms with E-state index in [-0.39, 0.29) is 11.5 Å². The predicted octanol–water partition coefficient (Wildman–Crippen LogP) is 3.46. The van der Waals surface area contributed by atoms with Crippen LogP contribution in [0.3, 0.4) is 0 Å². The van der Waals surface area contributed by atoms with Crippen molar-refractivity contribution in [3.8, 4) is 17.3 Å². The summed E-state index contributed by atoms with van der Waals surface area (Å²) in [5, 5.41) is 21.2. The lowest BCUT2D eigenvalue weighted by molar-refractivity contribution is 0.0697. The molecule has 0 fully saturated rings. The molecule has 116 valence electrons. The minimum absolute atomic E-state index is 0.164. The number of carboxylic acid groups (broad SMARTS) is 1. The van der Waals surface area contributed by atoms with E-state index in [2.05, 4.69) is 21.4 Å². The molecular weight excluding hydrogens is 304 g/mol. The summed E-state index contributed by atoms with van der Waals surface area (Å²) in [7, 11) is 0. The van der Waals surface area contributed by atoms with Gasteiger partial charge in [-0.3, -0.25) is 0 Å². The number of nitriles is 1. The third-order valence-corrected chi connectivity index (χ3v) is 3.32. The van der Waals surface area contributed by atoms with Crippen LogP contribution in [0.25, 0.3) is 11.3 Å². The molecule has 1 aromatic heterocycles. The molecule has 6 heteroatoms. The van der Waals surface area contributed by atoms with Gasteiger partial charge >= 0.3 is 5.97 Å². The number of anilines is 2. The van der Waals surface area contributed by atoms with Crippen molar-refractivity contribution in [3.63, 3.8) is 0 Å². The van der Waals surface area contributed by atoms with Crippen LogP contribution in [-0.4, -0.2) is 21.0 Å². The fraction of sp³-hybridized carbons (Fsp3) is 0. The largest absolute Gasteiger partial charge is 0.478 e. The second-order valence-corrected chi connectivity index (χ2v) is 4.94. The van der Waals surface area contributed by atoms with Crippen LogP contribution in [0.5, 0.6) is 0 Å². The third kappa shape index (κ3) is 3.20. The SMILES string of the molecule is N#Cc1cnc(Nc2cccc(C(=O)O)c2)nc1-c1ccccc1. The number of hydrogen-bond acceptors (Lipinski definition) is 5. The molecule has 2 aromatic carbocycles. The van der Waals surface area contributed by atoms with E-state index in [0.29, 0.717) is 16.9 Å². The highest BCUT2D eigenvalue weighted by molar-refractivity contribution is 5.89. The van der Waals surface area contributed by atoms with Crippen LogP contribution in [-0.2, 0) is 0 Å². The van der Waals surface area contributed by atoms with E-state index in [9.17, 15) is 10.1 Å². The molecule has 0 aliphatic rings. The summed E-state index contributed by atoms with van der Waals surface area (Å²) in [5.41, 5.74) is 2.41. The standard InChI is InChI=1S/C18H12N4O2/c19-10-14-11-20-18(22-16(14)12-5-2-1-3-6-12)21-15-8-4-7-13(9-15)17(23)24/h1-9,11H,(H,23,24)(H,20,21,22). The molecule has 0 radical (unpaired) electrons. The van der Waals surface area contributed by atoms with Crippen LogP contribution in [0.2, 0.25) is 0 Å². The Morgan fingerprint density at radius 2 is 1.92 bits per heavy atom. The highest BCUT2D eigenvalue weighted by Gasteiger charge is 2.10. The van der Waals surface area contributed by atoms with E-state index >= 15 is 0 Å². The molecule has 0 saturated carbocycles. The van der Waals surface area contributed by atoms with Gasteiger partial charge in [0, 0.05) is 11.3 Å². The number of aromatic carboxylic acids is 1. The number of hydrogen-bond donors (Lipinski definition) is 2. The van der Waals surface area contributed by atoms with E-state index in [1.165, 1.54) is 18.3 Å². The van der Waals surface area contributed by atoms with Crippen LogP contribution in [0.15, 0.2) is 60.8 Å². The van der Waals surface area contributed by atoms with Gasteiger partial charge in [0.1, 0.15) is 6.07 Å². The van der Waals surface area contributed by atoms with Crippen molar-refractivity contribution >= 4 is 17.6 Å². The smallest absolute Gasteiger partial charge is 0.335 e. The quantitative estimate of drug-likeness (QED) is 0.764. The predicted molar refractivity (Wildman–Crippen MR) is 88.9 cm³/mol. The van der Waals surface area contributed by atoms with Gasteiger partial charge in [-0.05, 0) is 18.2 Å². The summed E-state index contributed by atoms with van der Waals surface area (Å²) in [5.74, 6) is -0.722. The normalized spacial score (nSPS) is 9.96. The molecule has 3 aromatic rings. The van der Waals surface area contributed by atoms with E-state index < -0.39 is 5.97 Å². The van der Waals surface area contributed by atoms with Crippen LogP contribution >= 0.6 is 0 Å². The lowest BCUT2D eigenvalue weighted by atomic mass is 10.1. The zero-order chi connectivity index (χ0) is 16.9. The first-order valence-corrected chi connectivity index (χ1v) is 7.10. The van der Waals surface area contributed by atoms with Gasteiger partial charge in [-0.15, -0.1) is 0 Å². The van der Waals surface area contributed by atoms with Crippen LogP contribution < -0.4 is 5.32 Å². The molecule has 0 unspecified atom stereocenters. The first-order valence-electron chi connectivity index (χ1n) is 7.10. The average Bonchev–Trinajstić information content (AvgIpc) is 2.62. The fourth-order valence-corrected chi connectivity index (χ4v) is 2.20. The Morgan fingerprint density at radius 1 is 1.12 bits per heavy atom. The Morgan fingerprint density at radius 3 is 2.62 bits per heavy atom. The molecule has 0 amide bonds. The van der Waals surface area contributed by atoms with Crippen molar-refractivity contribution in [2.45, 2.75) is 0 Å². The lowest BCUT2D eigenvalue weighted by Crippen LogP contribution is -2.02. The number of carboxylic acids is 1. The second kappa shape index (κ2) is 6.58. The molecule has 0 aliphatic heterocycles. The van der Waals surface area contributed by atoms with Crippen molar-refractivity contribution in [1.82, 2.24) is 9.97 Å². The number of aromatic nitrogens is 2. The topological polar surface area (TPSA) is 98.9 Å². The van der Waals surface area contributed by atoms with Gasteiger partial charge in [-0.2, -0.15) is 5.26 Å². The number of benzene rings is 2. The van der Waals surface area contributed by atoms with Gasteiger partial charge in [-0.25, -0.2) is 14.8 Å². The van der Waals surface area contributed by atoms with Gasteiger partial charge in [0.05, 0.1) is 23.0 Å². The molecule has 0 spiro atoms. The first kappa shape index (κ1) is 15.2. The summed E-state index contributed by atoms with van der Waals surface area (Å²) in [6.45, 7) is 0. The van der Waals surface area contributed by atoms with E-state index in [1.807, 2.05) is 30.3 Å². The van der Waals surface area contributed by atoms with Gasteiger partial charge in [0.15, 0.2) is 0 Å². The Labute approximate surface area is 138 Å². The Hall–Kier alpha value is -3.72. The van der Waals surface area contributed by atoms with Crippen LogP contribution in [0, 0.1) is 11.3 Å². The van der Waals surface area contributed by atoms with Gasteiger partial charge in [0.25, 0.3) is 0 Å². The Bertz CT molecular complexity index is 933. The average molecular weight is 316 g/mol. The highest BCUT2D eigenvalue weighted by atomic mass is 16.4. The minimum Gasteiger partial charge on any atom is -0.478 e. The molecule has 0 atom stereocenters. The molecule has 0 saturated heterocycles. The molecule has 2 N–H and O–H groups in total. The zero-order valence-corrected chi connectivity index (χ0v) is 12.5. The molecule has 3 rings (SSSR count). The fourth-order valence-electron chi connectivity index (χ4n) is 2.20. The number of nitrogens with one attached hydrogen (secondary N) is 1. The number of carbonyl (C=O) groups is 1.